The fraction of sp³-hybridized carbons (Fsp3) is 0.917. The lowest BCUT2D eigenvalue weighted by Gasteiger charge is -2.11. The van der Waals surface area contributed by atoms with Crippen LogP contribution in [0.3, 0.4) is 0 Å². The van der Waals surface area contributed by atoms with Crippen molar-refractivity contribution in [2.24, 2.45) is 5.73 Å². The van der Waals surface area contributed by atoms with Crippen LogP contribution in [0.25, 0.3) is 0 Å². The number of nitrogens with two attached hydrogens (primary N) is 1. The van der Waals surface area contributed by atoms with Crippen molar-refractivity contribution in [3.63, 3.8) is 0 Å². The highest BCUT2D eigenvalue weighted by atomic mass is 16.2. The normalized spacial score (nSPS) is 10.3. The number of carbonyl (C=O) groups excluding carboxylic acids is 2. The maximum atomic E-state index is 10.6. The zero-order valence-electron chi connectivity index (χ0n) is 19.6. The highest BCUT2D eigenvalue weighted by molar-refractivity contribution is 5.73. The van der Waals surface area contributed by atoms with Gasteiger partial charge in [-0.05, 0) is 12.8 Å². The standard InChI is InChI=1S/C18H37NO.C6H13NO/c1-2-3-4-5-6-7-8-9-10-11-12-13-14-15-16-17-18(19)20;1-4-5-7(3)6(2)8/h2-17H2,1H3,(H2,19,20);4-5H2,1-3H3. The number of hydrogen-bond acceptors (Lipinski definition) is 2. The molecule has 0 aliphatic rings. The number of rotatable bonds is 18. The molecule has 0 unspecified atom stereocenters. The van der Waals surface area contributed by atoms with Gasteiger partial charge in [-0.3, -0.25) is 9.59 Å². The molecule has 0 rings (SSSR count). The van der Waals surface area contributed by atoms with Gasteiger partial charge in [-0.1, -0.05) is 104 Å². The van der Waals surface area contributed by atoms with Crippen LogP contribution in [0.1, 0.15) is 130 Å². The molecule has 0 spiro atoms. The fourth-order valence-corrected chi connectivity index (χ4v) is 3.16. The Morgan fingerprint density at radius 2 is 1.00 bits per heavy atom. The summed E-state index contributed by atoms with van der Waals surface area (Å²) in [5.41, 5.74) is 5.11. The summed E-state index contributed by atoms with van der Waals surface area (Å²) in [6.45, 7) is 6.78. The van der Waals surface area contributed by atoms with E-state index >= 15 is 0 Å². The van der Waals surface area contributed by atoms with Gasteiger partial charge < -0.3 is 10.6 Å². The molecular formula is C24H50N2O2. The Hall–Kier alpha value is -1.06. The van der Waals surface area contributed by atoms with Gasteiger partial charge in [-0.25, -0.2) is 0 Å². The predicted molar refractivity (Wildman–Crippen MR) is 122 cm³/mol. The largest absolute Gasteiger partial charge is 0.370 e. The molecule has 0 aliphatic heterocycles. The van der Waals surface area contributed by atoms with Crippen LogP contribution in [0, 0.1) is 0 Å². The summed E-state index contributed by atoms with van der Waals surface area (Å²) in [7, 11) is 1.81. The minimum absolute atomic E-state index is 0.145. The number of unbranched alkanes of at least 4 members (excludes halogenated alkanes) is 14. The van der Waals surface area contributed by atoms with E-state index in [0.717, 1.165) is 19.4 Å². The lowest BCUT2D eigenvalue weighted by molar-refractivity contribution is -0.127. The molecule has 0 saturated heterocycles. The molecule has 0 aromatic carbocycles. The van der Waals surface area contributed by atoms with Crippen LogP contribution >= 0.6 is 0 Å². The summed E-state index contributed by atoms with van der Waals surface area (Å²) in [5.74, 6) is -0.00783. The van der Waals surface area contributed by atoms with E-state index in [1.165, 1.54) is 89.9 Å². The van der Waals surface area contributed by atoms with Crippen molar-refractivity contribution in [1.29, 1.82) is 0 Å². The first-order chi connectivity index (χ1) is 13.5. The number of nitrogens with zero attached hydrogens (tertiary/aromatic N) is 1. The Morgan fingerprint density at radius 3 is 1.25 bits per heavy atom. The van der Waals surface area contributed by atoms with Gasteiger partial charge in [-0.2, -0.15) is 0 Å². The molecule has 4 nitrogen and oxygen atoms in total. The molecule has 0 bridgehead atoms. The number of carbonyl (C=O) groups is 2. The number of primary amides is 1. The van der Waals surface area contributed by atoms with Crippen LogP contribution < -0.4 is 5.73 Å². The van der Waals surface area contributed by atoms with E-state index in [4.69, 9.17) is 5.73 Å². The molecule has 0 saturated carbocycles. The number of amides is 2. The minimum atomic E-state index is -0.153. The summed E-state index contributed by atoms with van der Waals surface area (Å²) < 4.78 is 0. The van der Waals surface area contributed by atoms with Crippen LogP contribution in [0.4, 0.5) is 0 Å². The average Bonchev–Trinajstić information content (AvgIpc) is 2.65. The molecule has 0 radical (unpaired) electrons. The van der Waals surface area contributed by atoms with E-state index in [-0.39, 0.29) is 11.8 Å². The molecule has 0 atom stereocenters. The first kappa shape index (κ1) is 29.1. The molecule has 2 N–H and O–H groups in total. The van der Waals surface area contributed by atoms with Gasteiger partial charge in [0.25, 0.3) is 0 Å². The van der Waals surface area contributed by atoms with Crippen molar-refractivity contribution in [3.8, 4) is 0 Å². The van der Waals surface area contributed by atoms with Gasteiger partial charge in [0.1, 0.15) is 0 Å². The van der Waals surface area contributed by atoms with Gasteiger partial charge in [-0.15, -0.1) is 0 Å². The average molecular weight is 399 g/mol. The predicted octanol–water partition coefficient (Wildman–Crippen LogP) is 6.61. The summed E-state index contributed by atoms with van der Waals surface area (Å²) in [6.07, 6.45) is 21.9. The van der Waals surface area contributed by atoms with Crippen LogP contribution in [0.2, 0.25) is 0 Å². The Morgan fingerprint density at radius 1 is 0.643 bits per heavy atom. The van der Waals surface area contributed by atoms with E-state index in [1.807, 2.05) is 7.05 Å². The van der Waals surface area contributed by atoms with Crippen molar-refractivity contribution < 1.29 is 9.59 Å². The molecule has 0 heterocycles. The molecule has 4 heteroatoms. The first-order valence-corrected chi connectivity index (χ1v) is 12.0. The third-order valence-corrected chi connectivity index (χ3v) is 5.12. The van der Waals surface area contributed by atoms with Crippen LogP contribution in [-0.2, 0) is 9.59 Å². The van der Waals surface area contributed by atoms with E-state index in [1.54, 1.807) is 11.8 Å². The zero-order valence-corrected chi connectivity index (χ0v) is 19.6. The highest BCUT2D eigenvalue weighted by Gasteiger charge is 1.97. The summed E-state index contributed by atoms with van der Waals surface area (Å²) in [6, 6.07) is 0. The van der Waals surface area contributed by atoms with Crippen molar-refractivity contribution in [1.82, 2.24) is 4.90 Å². The maximum Gasteiger partial charge on any atom is 0.219 e. The van der Waals surface area contributed by atoms with Crippen LogP contribution in [-0.4, -0.2) is 30.3 Å². The summed E-state index contributed by atoms with van der Waals surface area (Å²) in [5, 5.41) is 0. The minimum Gasteiger partial charge on any atom is -0.370 e. The Kier molecular flexibility index (Phi) is 25.0. The van der Waals surface area contributed by atoms with E-state index in [0.29, 0.717) is 6.42 Å². The second-order valence-corrected chi connectivity index (χ2v) is 8.11. The van der Waals surface area contributed by atoms with Crippen molar-refractivity contribution in [3.05, 3.63) is 0 Å². The van der Waals surface area contributed by atoms with Crippen molar-refractivity contribution in [2.75, 3.05) is 13.6 Å². The second kappa shape index (κ2) is 24.0. The molecule has 0 fully saturated rings. The Balaban J connectivity index is 0. The van der Waals surface area contributed by atoms with Crippen molar-refractivity contribution in [2.45, 2.75) is 130 Å². The molecule has 2 amide bonds. The van der Waals surface area contributed by atoms with Crippen molar-refractivity contribution >= 4 is 11.8 Å². The van der Waals surface area contributed by atoms with E-state index in [2.05, 4.69) is 13.8 Å². The monoisotopic (exact) mass is 398 g/mol. The maximum absolute atomic E-state index is 10.6. The smallest absolute Gasteiger partial charge is 0.219 e. The lowest BCUT2D eigenvalue weighted by Crippen LogP contribution is -2.24. The molecular weight excluding hydrogens is 348 g/mol. The lowest BCUT2D eigenvalue weighted by atomic mass is 10.0. The van der Waals surface area contributed by atoms with Gasteiger partial charge in [0.15, 0.2) is 0 Å². The van der Waals surface area contributed by atoms with E-state index < -0.39 is 0 Å². The second-order valence-electron chi connectivity index (χ2n) is 8.11. The Labute approximate surface area is 176 Å². The number of hydrogen-bond donors (Lipinski definition) is 1. The van der Waals surface area contributed by atoms with Gasteiger partial charge in [0.05, 0.1) is 0 Å². The van der Waals surface area contributed by atoms with E-state index in [9.17, 15) is 9.59 Å². The SMILES string of the molecule is CCCCCCCCCCCCCCCCCC(N)=O.CCCN(C)C(C)=O. The van der Waals surface area contributed by atoms with Crippen LogP contribution in [0.15, 0.2) is 0 Å². The quantitative estimate of drug-likeness (QED) is 0.264. The molecule has 0 aliphatic carbocycles. The molecule has 0 aromatic rings. The molecule has 168 valence electrons. The molecule has 0 aromatic heterocycles. The third-order valence-electron chi connectivity index (χ3n) is 5.12. The zero-order chi connectivity index (χ0) is 21.5. The highest BCUT2D eigenvalue weighted by Crippen LogP contribution is 2.13. The first-order valence-electron chi connectivity index (χ1n) is 12.0. The summed E-state index contributed by atoms with van der Waals surface area (Å²) >= 11 is 0. The van der Waals surface area contributed by atoms with Gasteiger partial charge in [0, 0.05) is 26.9 Å². The van der Waals surface area contributed by atoms with Gasteiger partial charge >= 0.3 is 0 Å². The third kappa shape index (κ3) is 27.2. The topological polar surface area (TPSA) is 63.4 Å². The van der Waals surface area contributed by atoms with Crippen LogP contribution in [0.5, 0.6) is 0 Å². The fourth-order valence-electron chi connectivity index (χ4n) is 3.16. The van der Waals surface area contributed by atoms with Gasteiger partial charge in [0.2, 0.25) is 11.8 Å². The molecule has 28 heavy (non-hydrogen) atoms. The Bertz CT molecular complexity index is 345. The summed E-state index contributed by atoms with van der Waals surface area (Å²) in [4.78, 5) is 22.7.